The van der Waals surface area contributed by atoms with Crippen molar-refractivity contribution < 1.29 is 9.59 Å². The molecule has 0 aromatic heterocycles. The van der Waals surface area contributed by atoms with Gasteiger partial charge in [0.2, 0.25) is 11.8 Å². The van der Waals surface area contributed by atoms with Gasteiger partial charge in [-0.15, -0.1) is 0 Å². The second kappa shape index (κ2) is 7.24. The summed E-state index contributed by atoms with van der Waals surface area (Å²) < 4.78 is 0. The summed E-state index contributed by atoms with van der Waals surface area (Å²) in [5.74, 6) is 1.02. The quantitative estimate of drug-likeness (QED) is 0.873. The Kier molecular flexibility index (Phi) is 5.07. The minimum absolute atomic E-state index is 0.100. The van der Waals surface area contributed by atoms with Crippen LogP contribution < -0.4 is 10.6 Å². The smallest absolute Gasteiger partial charge is 0.241 e. The molecule has 3 rings (SSSR count). The predicted octanol–water partition coefficient (Wildman–Crippen LogP) is 3.01. The summed E-state index contributed by atoms with van der Waals surface area (Å²) >= 11 is 0. The molecule has 2 aliphatic rings. The van der Waals surface area contributed by atoms with Crippen molar-refractivity contribution in [2.24, 2.45) is 11.8 Å². The molecule has 1 heterocycles. The Labute approximate surface area is 143 Å². The van der Waals surface area contributed by atoms with Crippen molar-refractivity contribution in [3.05, 3.63) is 23.8 Å². The molecule has 5 nitrogen and oxygen atoms in total. The van der Waals surface area contributed by atoms with Crippen LogP contribution in [0.4, 0.5) is 11.4 Å². The van der Waals surface area contributed by atoms with Crippen LogP contribution in [0.1, 0.15) is 38.2 Å². The van der Waals surface area contributed by atoms with E-state index in [1.165, 1.54) is 6.42 Å². The van der Waals surface area contributed by atoms with Crippen molar-refractivity contribution in [2.45, 2.75) is 39.5 Å². The number of likely N-dealkylation sites (tertiary alicyclic amines) is 1. The summed E-state index contributed by atoms with van der Waals surface area (Å²) in [6.45, 7) is 6.22. The molecule has 2 amide bonds. The molecule has 0 radical (unpaired) electrons. The van der Waals surface area contributed by atoms with E-state index >= 15 is 0 Å². The van der Waals surface area contributed by atoms with E-state index < -0.39 is 0 Å². The van der Waals surface area contributed by atoms with Gasteiger partial charge in [-0.25, -0.2) is 0 Å². The Morgan fingerprint density at radius 1 is 1.25 bits per heavy atom. The van der Waals surface area contributed by atoms with E-state index in [9.17, 15) is 9.59 Å². The lowest BCUT2D eigenvalue weighted by Gasteiger charge is -2.31. The molecule has 5 heteroatoms. The van der Waals surface area contributed by atoms with Crippen LogP contribution in [0.25, 0.3) is 0 Å². The molecule has 1 atom stereocenters. The van der Waals surface area contributed by atoms with Crippen LogP contribution >= 0.6 is 0 Å². The Morgan fingerprint density at radius 3 is 2.75 bits per heavy atom. The van der Waals surface area contributed by atoms with Gasteiger partial charge < -0.3 is 15.5 Å². The van der Waals surface area contributed by atoms with E-state index in [4.69, 9.17) is 0 Å². The van der Waals surface area contributed by atoms with Crippen LogP contribution in [0, 0.1) is 18.8 Å². The summed E-state index contributed by atoms with van der Waals surface area (Å²) in [5, 5.41) is 6.19. The van der Waals surface area contributed by atoms with Gasteiger partial charge in [0.05, 0.1) is 6.54 Å². The fourth-order valence-corrected chi connectivity index (χ4v) is 3.18. The zero-order valence-corrected chi connectivity index (χ0v) is 14.6. The SMILES string of the molecule is Cc1ccc(NC(=O)C2CC2)cc1NCC(=O)N1CCC[C@H](C)C1. The molecule has 130 valence electrons. The lowest BCUT2D eigenvalue weighted by molar-refractivity contribution is -0.131. The largest absolute Gasteiger partial charge is 0.376 e. The Morgan fingerprint density at radius 2 is 2.04 bits per heavy atom. The maximum Gasteiger partial charge on any atom is 0.241 e. The van der Waals surface area contributed by atoms with Crippen molar-refractivity contribution in [2.75, 3.05) is 30.3 Å². The number of benzene rings is 1. The topological polar surface area (TPSA) is 61.4 Å². The lowest BCUT2D eigenvalue weighted by Crippen LogP contribution is -2.42. The molecule has 0 unspecified atom stereocenters. The summed E-state index contributed by atoms with van der Waals surface area (Å²) in [5.41, 5.74) is 2.76. The van der Waals surface area contributed by atoms with Crippen LogP contribution in [0.3, 0.4) is 0 Å². The standard InChI is InChI=1S/C19H27N3O2/c1-13-4-3-9-22(12-13)18(23)11-20-17-10-16(8-5-14(17)2)21-19(24)15-6-7-15/h5,8,10,13,15,20H,3-4,6-7,9,11-12H2,1-2H3,(H,21,24)/t13-/m0/s1. The second-order valence-corrected chi connectivity index (χ2v) is 7.23. The molecule has 0 bridgehead atoms. The average Bonchev–Trinajstić information content (AvgIpc) is 3.40. The Balaban J connectivity index is 1.57. The molecular weight excluding hydrogens is 302 g/mol. The molecular formula is C19H27N3O2. The van der Waals surface area contributed by atoms with Gasteiger partial charge in [0, 0.05) is 30.4 Å². The highest BCUT2D eigenvalue weighted by molar-refractivity contribution is 5.94. The minimum Gasteiger partial charge on any atom is -0.376 e. The van der Waals surface area contributed by atoms with E-state index in [2.05, 4.69) is 17.6 Å². The van der Waals surface area contributed by atoms with Crippen LogP contribution in [-0.4, -0.2) is 36.3 Å². The number of nitrogens with zero attached hydrogens (tertiary/aromatic N) is 1. The van der Waals surface area contributed by atoms with Gasteiger partial charge in [-0.1, -0.05) is 13.0 Å². The summed E-state index contributed by atoms with van der Waals surface area (Å²) in [6.07, 6.45) is 4.28. The molecule has 2 N–H and O–H groups in total. The van der Waals surface area contributed by atoms with Crippen molar-refractivity contribution in [1.29, 1.82) is 0 Å². The molecule has 1 aliphatic carbocycles. The van der Waals surface area contributed by atoms with Crippen LogP contribution in [0.5, 0.6) is 0 Å². The van der Waals surface area contributed by atoms with Crippen molar-refractivity contribution >= 4 is 23.2 Å². The van der Waals surface area contributed by atoms with E-state index in [-0.39, 0.29) is 17.7 Å². The third kappa shape index (κ3) is 4.28. The van der Waals surface area contributed by atoms with Crippen molar-refractivity contribution in [1.82, 2.24) is 4.90 Å². The first kappa shape index (κ1) is 16.8. The first-order valence-corrected chi connectivity index (χ1v) is 8.96. The highest BCUT2D eigenvalue weighted by atomic mass is 16.2. The number of carbonyl (C=O) groups is 2. The summed E-state index contributed by atoms with van der Waals surface area (Å²) in [6, 6.07) is 5.80. The number of piperidine rings is 1. The number of aryl methyl sites for hydroxylation is 1. The Bertz CT molecular complexity index is 625. The lowest BCUT2D eigenvalue weighted by atomic mass is 10.0. The van der Waals surface area contributed by atoms with Crippen LogP contribution in [-0.2, 0) is 9.59 Å². The highest BCUT2D eigenvalue weighted by Gasteiger charge is 2.29. The highest BCUT2D eigenvalue weighted by Crippen LogP contribution is 2.30. The third-order valence-corrected chi connectivity index (χ3v) is 4.89. The first-order chi connectivity index (χ1) is 11.5. The fraction of sp³-hybridized carbons (Fsp3) is 0.579. The average molecular weight is 329 g/mol. The number of anilines is 2. The van der Waals surface area contributed by atoms with Crippen LogP contribution in [0.15, 0.2) is 18.2 Å². The van der Waals surface area contributed by atoms with E-state index in [0.29, 0.717) is 12.5 Å². The number of nitrogens with one attached hydrogen (secondary N) is 2. The van der Waals surface area contributed by atoms with Crippen LogP contribution in [0.2, 0.25) is 0 Å². The molecule has 2 fully saturated rings. The zero-order valence-electron chi connectivity index (χ0n) is 14.6. The van der Waals surface area contributed by atoms with E-state index in [1.54, 1.807) is 0 Å². The van der Waals surface area contributed by atoms with Gasteiger partial charge in [0.15, 0.2) is 0 Å². The number of amides is 2. The maximum atomic E-state index is 12.4. The summed E-state index contributed by atoms with van der Waals surface area (Å²) in [4.78, 5) is 26.2. The van der Waals surface area contributed by atoms with Gasteiger partial charge in [0.25, 0.3) is 0 Å². The van der Waals surface area contributed by atoms with Gasteiger partial charge >= 0.3 is 0 Å². The maximum absolute atomic E-state index is 12.4. The van der Waals surface area contributed by atoms with Crippen molar-refractivity contribution in [3.63, 3.8) is 0 Å². The molecule has 1 aromatic carbocycles. The van der Waals surface area contributed by atoms with Crippen molar-refractivity contribution in [3.8, 4) is 0 Å². The third-order valence-electron chi connectivity index (χ3n) is 4.89. The fourth-order valence-electron chi connectivity index (χ4n) is 3.18. The summed E-state index contributed by atoms with van der Waals surface area (Å²) in [7, 11) is 0. The monoisotopic (exact) mass is 329 g/mol. The first-order valence-electron chi connectivity index (χ1n) is 8.96. The van der Waals surface area contributed by atoms with Gasteiger partial charge in [0.1, 0.15) is 0 Å². The van der Waals surface area contributed by atoms with E-state index in [0.717, 1.165) is 49.3 Å². The van der Waals surface area contributed by atoms with Gasteiger partial charge in [-0.2, -0.15) is 0 Å². The second-order valence-electron chi connectivity index (χ2n) is 7.23. The number of carbonyl (C=O) groups excluding carboxylic acids is 2. The number of hydrogen-bond donors (Lipinski definition) is 2. The molecule has 24 heavy (non-hydrogen) atoms. The van der Waals surface area contributed by atoms with Gasteiger partial charge in [-0.05, 0) is 56.2 Å². The normalized spacial score (nSPS) is 20.6. The van der Waals surface area contributed by atoms with E-state index in [1.807, 2.05) is 30.0 Å². The number of hydrogen-bond acceptors (Lipinski definition) is 3. The molecule has 0 spiro atoms. The predicted molar refractivity (Wildman–Crippen MR) is 96.0 cm³/mol. The molecule has 1 saturated heterocycles. The Hall–Kier alpha value is -2.04. The zero-order chi connectivity index (χ0) is 17.1. The molecule has 1 saturated carbocycles. The number of rotatable bonds is 5. The molecule has 1 aliphatic heterocycles. The van der Waals surface area contributed by atoms with Gasteiger partial charge in [-0.3, -0.25) is 9.59 Å². The minimum atomic E-state index is 0.100. The molecule has 1 aromatic rings.